The predicted molar refractivity (Wildman–Crippen MR) is 130 cm³/mol. The highest BCUT2D eigenvalue weighted by Gasteiger charge is 2.49. The summed E-state index contributed by atoms with van der Waals surface area (Å²) >= 11 is 0. The molecule has 2 aliphatic heterocycles. The maximum Gasteiger partial charge on any atom is 0.416 e. The van der Waals surface area contributed by atoms with E-state index >= 15 is 0 Å². The standard InChI is InChI=1S/C25H27F3N4O6/c1-24(15-5-7-19(36-2)20(13-15)37-3)22(34)32(23(35)30-24)14-21(33)29-17-12-16(25(26,27)28)4-6-18(17)31-8-10-38-11-9-31/h4-7,12-13H,8-11,14H2,1-3H3,(H,29,33)(H,30,35)/t24-/m0/s1. The van der Waals surface area contributed by atoms with E-state index in [1.54, 1.807) is 17.0 Å². The molecule has 38 heavy (non-hydrogen) atoms. The Kier molecular flexibility index (Phi) is 7.40. The van der Waals surface area contributed by atoms with Crippen molar-refractivity contribution in [2.24, 2.45) is 0 Å². The fourth-order valence-electron chi connectivity index (χ4n) is 4.41. The van der Waals surface area contributed by atoms with Crippen LogP contribution in [0.2, 0.25) is 0 Å². The molecule has 2 fully saturated rings. The van der Waals surface area contributed by atoms with Crippen molar-refractivity contribution in [3.63, 3.8) is 0 Å². The van der Waals surface area contributed by atoms with Crippen molar-refractivity contribution in [1.29, 1.82) is 0 Å². The summed E-state index contributed by atoms with van der Waals surface area (Å²) in [4.78, 5) is 41.5. The lowest BCUT2D eigenvalue weighted by Gasteiger charge is -2.31. The van der Waals surface area contributed by atoms with Crippen molar-refractivity contribution in [2.45, 2.75) is 18.6 Å². The number of hydrogen-bond donors (Lipinski definition) is 2. The second-order valence-electron chi connectivity index (χ2n) is 8.89. The van der Waals surface area contributed by atoms with Crippen molar-refractivity contribution < 1.29 is 41.8 Å². The largest absolute Gasteiger partial charge is 0.493 e. The highest BCUT2D eigenvalue weighted by Crippen LogP contribution is 2.37. The summed E-state index contributed by atoms with van der Waals surface area (Å²) in [6.07, 6.45) is -4.63. The molecule has 0 radical (unpaired) electrons. The zero-order valence-corrected chi connectivity index (χ0v) is 21.0. The van der Waals surface area contributed by atoms with E-state index in [0.29, 0.717) is 54.0 Å². The lowest BCUT2D eigenvalue weighted by Crippen LogP contribution is -2.42. The fraction of sp³-hybridized carbons (Fsp3) is 0.400. The van der Waals surface area contributed by atoms with E-state index in [1.165, 1.54) is 33.3 Å². The lowest BCUT2D eigenvalue weighted by atomic mass is 9.91. The first-order valence-corrected chi connectivity index (χ1v) is 11.7. The number of anilines is 2. The van der Waals surface area contributed by atoms with Gasteiger partial charge in [-0.1, -0.05) is 6.07 Å². The predicted octanol–water partition coefficient (Wildman–Crippen LogP) is 2.96. The molecule has 0 unspecified atom stereocenters. The molecular formula is C25H27F3N4O6. The quantitative estimate of drug-likeness (QED) is 0.524. The van der Waals surface area contributed by atoms with Gasteiger partial charge in [0.05, 0.1) is 44.4 Å². The Balaban J connectivity index is 1.56. The first-order chi connectivity index (χ1) is 18.0. The number of carbonyl (C=O) groups excluding carboxylic acids is 3. The van der Waals surface area contributed by atoms with Crippen molar-refractivity contribution in [3.8, 4) is 11.5 Å². The first kappa shape index (κ1) is 27.0. The minimum Gasteiger partial charge on any atom is -0.493 e. The topological polar surface area (TPSA) is 109 Å². The normalized spacial score (nSPS) is 19.8. The Labute approximate surface area is 216 Å². The molecule has 10 nitrogen and oxygen atoms in total. The van der Waals surface area contributed by atoms with Gasteiger partial charge >= 0.3 is 12.2 Å². The Morgan fingerprint density at radius 1 is 1.08 bits per heavy atom. The van der Waals surface area contributed by atoms with E-state index < -0.39 is 41.7 Å². The molecule has 1 atom stereocenters. The van der Waals surface area contributed by atoms with Crippen molar-refractivity contribution in [2.75, 3.05) is 57.3 Å². The summed E-state index contributed by atoms with van der Waals surface area (Å²) in [5.41, 5.74) is -1.76. The van der Waals surface area contributed by atoms with Gasteiger partial charge in [-0.15, -0.1) is 0 Å². The van der Waals surface area contributed by atoms with Gasteiger partial charge in [0.2, 0.25) is 5.91 Å². The number of nitrogens with zero attached hydrogens (tertiary/aromatic N) is 2. The fourth-order valence-corrected chi connectivity index (χ4v) is 4.41. The smallest absolute Gasteiger partial charge is 0.416 e. The zero-order chi connectivity index (χ0) is 27.7. The molecule has 2 aliphatic rings. The molecule has 13 heteroatoms. The third-order valence-electron chi connectivity index (χ3n) is 6.49. The van der Waals surface area contributed by atoms with Crippen molar-refractivity contribution >= 4 is 29.2 Å². The summed E-state index contributed by atoms with van der Waals surface area (Å²) in [5, 5.41) is 5.04. The number of methoxy groups -OCH3 is 2. The van der Waals surface area contributed by atoms with Crippen LogP contribution in [-0.2, 0) is 26.0 Å². The third kappa shape index (κ3) is 5.19. The van der Waals surface area contributed by atoms with Crippen LogP contribution < -0.4 is 25.0 Å². The summed E-state index contributed by atoms with van der Waals surface area (Å²) in [6.45, 7) is 2.38. The number of nitrogens with one attached hydrogen (secondary N) is 2. The molecule has 204 valence electrons. The van der Waals surface area contributed by atoms with Gasteiger partial charge < -0.3 is 29.7 Å². The van der Waals surface area contributed by atoms with Crippen molar-refractivity contribution in [1.82, 2.24) is 10.2 Å². The maximum absolute atomic E-state index is 13.4. The molecule has 2 N–H and O–H groups in total. The number of ether oxygens (including phenoxy) is 3. The van der Waals surface area contributed by atoms with Gasteiger partial charge in [0.25, 0.3) is 5.91 Å². The van der Waals surface area contributed by atoms with Crippen LogP contribution >= 0.6 is 0 Å². The summed E-state index contributed by atoms with van der Waals surface area (Å²) in [5.74, 6) is -0.782. The van der Waals surface area contributed by atoms with E-state index in [4.69, 9.17) is 14.2 Å². The van der Waals surface area contributed by atoms with Gasteiger partial charge in [0, 0.05) is 13.1 Å². The summed E-state index contributed by atoms with van der Waals surface area (Å²) in [7, 11) is 2.88. The van der Waals surface area contributed by atoms with E-state index in [9.17, 15) is 27.6 Å². The number of amides is 4. The maximum atomic E-state index is 13.4. The van der Waals surface area contributed by atoms with Crippen LogP contribution in [0.4, 0.5) is 29.3 Å². The monoisotopic (exact) mass is 536 g/mol. The highest BCUT2D eigenvalue weighted by molar-refractivity contribution is 6.10. The lowest BCUT2D eigenvalue weighted by molar-refractivity contribution is -0.137. The average Bonchev–Trinajstić information content (AvgIpc) is 3.11. The Hall–Kier alpha value is -4.00. The van der Waals surface area contributed by atoms with Crippen molar-refractivity contribution in [3.05, 3.63) is 47.5 Å². The molecule has 2 aromatic rings. The Morgan fingerprint density at radius 3 is 2.39 bits per heavy atom. The van der Waals surface area contributed by atoms with Gasteiger partial charge in [0.15, 0.2) is 11.5 Å². The SMILES string of the molecule is COc1ccc([C@]2(C)NC(=O)N(CC(=O)Nc3cc(C(F)(F)F)ccc3N3CCOCC3)C2=O)cc1OC. The number of morpholine rings is 1. The van der Waals surface area contributed by atoms with Gasteiger partial charge in [-0.3, -0.25) is 14.5 Å². The number of alkyl halides is 3. The Morgan fingerprint density at radius 2 is 1.76 bits per heavy atom. The van der Waals surface area contributed by atoms with E-state index in [2.05, 4.69) is 10.6 Å². The molecular weight excluding hydrogens is 509 g/mol. The molecule has 0 aliphatic carbocycles. The number of hydrogen-bond acceptors (Lipinski definition) is 7. The van der Waals surface area contributed by atoms with Crippen LogP contribution in [0.15, 0.2) is 36.4 Å². The van der Waals surface area contributed by atoms with Crippen LogP contribution in [0.25, 0.3) is 0 Å². The molecule has 0 saturated carbocycles. The molecule has 2 heterocycles. The molecule has 4 rings (SSSR count). The molecule has 0 aromatic heterocycles. The number of halogens is 3. The Bertz CT molecular complexity index is 1250. The van der Waals surface area contributed by atoms with Crippen LogP contribution in [0.5, 0.6) is 11.5 Å². The average molecular weight is 537 g/mol. The molecule has 0 spiro atoms. The number of benzene rings is 2. The van der Waals surface area contributed by atoms with Gasteiger partial charge in [-0.2, -0.15) is 13.2 Å². The number of urea groups is 1. The minimum absolute atomic E-state index is 0.0820. The van der Waals surface area contributed by atoms with Gasteiger partial charge in [-0.05, 0) is 42.8 Å². The highest BCUT2D eigenvalue weighted by atomic mass is 19.4. The molecule has 2 saturated heterocycles. The number of carbonyl (C=O) groups is 3. The van der Waals surface area contributed by atoms with Gasteiger partial charge in [0.1, 0.15) is 12.1 Å². The molecule has 2 aromatic carbocycles. The number of rotatable bonds is 7. The minimum atomic E-state index is -4.63. The summed E-state index contributed by atoms with van der Waals surface area (Å²) < 4.78 is 56.0. The second-order valence-corrected chi connectivity index (χ2v) is 8.89. The summed E-state index contributed by atoms with van der Waals surface area (Å²) in [6, 6.07) is 6.94. The molecule has 4 amide bonds. The zero-order valence-electron chi connectivity index (χ0n) is 21.0. The third-order valence-corrected chi connectivity index (χ3v) is 6.49. The molecule has 0 bridgehead atoms. The van der Waals surface area contributed by atoms with E-state index in [-0.39, 0.29) is 5.69 Å². The van der Waals surface area contributed by atoms with Crippen LogP contribution in [0.3, 0.4) is 0 Å². The van der Waals surface area contributed by atoms with E-state index in [0.717, 1.165) is 12.1 Å². The first-order valence-electron chi connectivity index (χ1n) is 11.7. The second kappa shape index (κ2) is 10.4. The van der Waals surface area contributed by atoms with E-state index in [1.807, 2.05) is 0 Å². The van der Waals surface area contributed by atoms with Crippen LogP contribution in [-0.4, -0.2) is 69.8 Å². The van der Waals surface area contributed by atoms with Gasteiger partial charge in [-0.25, -0.2) is 4.79 Å². The van der Waals surface area contributed by atoms with Crippen LogP contribution in [0, 0.1) is 0 Å². The number of imide groups is 1. The van der Waals surface area contributed by atoms with Crippen LogP contribution in [0.1, 0.15) is 18.1 Å².